The lowest BCUT2D eigenvalue weighted by Crippen LogP contribution is -2.38. The Morgan fingerprint density at radius 3 is 2.82 bits per heavy atom. The van der Waals surface area contributed by atoms with E-state index in [1.54, 1.807) is 25.4 Å². The molecule has 2 heterocycles. The van der Waals surface area contributed by atoms with Gasteiger partial charge in [-0.3, -0.25) is 10.1 Å². The fourth-order valence-corrected chi connectivity index (χ4v) is 3.28. The zero-order chi connectivity index (χ0) is 20.1. The van der Waals surface area contributed by atoms with Crippen molar-refractivity contribution in [2.75, 3.05) is 24.8 Å². The number of nitrogens with two attached hydrogens (primary N) is 1. The third kappa shape index (κ3) is 4.42. The minimum absolute atomic E-state index is 0.0960. The number of aromatic amines is 1. The average Bonchev–Trinajstić information content (AvgIpc) is 3.19. The van der Waals surface area contributed by atoms with Gasteiger partial charge in [0.2, 0.25) is 5.91 Å². The third-order valence-corrected chi connectivity index (χ3v) is 4.83. The molecule has 0 spiro atoms. The Morgan fingerprint density at radius 1 is 1.29 bits per heavy atom. The second kappa shape index (κ2) is 8.75. The summed E-state index contributed by atoms with van der Waals surface area (Å²) in [5.74, 6) is 0.641. The molecule has 0 saturated carbocycles. The lowest BCUT2D eigenvalue weighted by atomic mass is 10.0. The highest BCUT2D eigenvalue weighted by molar-refractivity contribution is 5.90. The maximum atomic E-state index is 12.4. The van der Waals surface area contributed by atoms with Crippen LogP contribution < -0.4 is 21.7 Å². The second-order valence-corrected chi connectivity index (χ2v) is 6.75. The number of nitrogens with zero attached hydrogens (tertiary/aromatic N) is 1. The van der Waals surface area contributed by atoms with E-state index in [1.807, 2.05) is 6.07 Å². The Labute approximate surface area is 163 Å². The van der Waals surface area contributed by atoms with Crippen molar-refractivity contribution in [1.82, 2.24) is 15.3 Å². The maximum Gasteiger partial charge on any atom is 0.411 e. The molecular weight excluding hydrogens is 360 g/mol. The lowest BCUT2D eigenvalue weighted by molar-refractivity contribution is -0.121. The van der Waals surface area contributed by atoms with Crippen LogP contribution in [0.4, 0.5) is 16.2 Å². The highest BCUT2D eigenvalue weighted by Gasteiger charge is 2.22. The van der Waals surface area contributed by atoms with Crippen molar-refractivity contribution in [2.45, 2.75) is 37.8 Å². The van der Waals surface area contributed by atoms with Gasteiger partial charge in [-0.15, -0.1) is 0 Å². The Hall–Kier alpha value is -3.07. The van der Waals surface area contributed by atoms with Crippen LogP contribution in [-0.2, 0) is 9.53 Å². The molecule has 1 aromatic carbocycles. The predicted molar refractivity (Wildman–Crippen MR) is 107 cm³/mol. The molecule has 3 rings (SSSR count). The summed E-state index contributed by atoms with van der Waals surface area (Å²) in [6.45, 7) is 0. The first kappa shape index (κ1) is 19.7. The van der Waals surface area contributed by atoms with Crippen LogP contribution in [0.1, 0.15) is 37.5 Å². The van der Waals surface area contributed by atoms with Crippen LogP contribution in [0.5, 0.6) is 0 Å². The molecule has 2 bridgehead atoms. The molecule has 1 aliphatic heterocycles. The van der Waals surface area contributed by atoms with Gasteiger partial charge in [-0.2, -0.15) is 0 Å². The number of benzene rings is 1. The monoisotopic (exact) mass is 386 g/mol. The number of ether oxygens (including phenoxy) is 1. The number of nitrogens with one attached hydrogen (secondary N) is 4. The summed E-state index contributed by atoms with van der Waals surface area (Å²) in [7, 11) is 2.92. The Bertz CT molecular complexity index is 850. The number of rotatable bonds is 2. The maximum absolute atomic E-state index is 12.4. The fourth-order valence-electron chi connectivity index (χ4n) is 3.28. The Kier molecular flexibility index (Phi) is 6.15. The van der Waals surface area contributed by atoms with Gasteiger partial charge in [-0.05, 0) is 31.0 Å². The van der Waals surface area contributed by atoms with Crippen LogP contribution in [0, 0.1) is 0 Å². The van der Waals surface area contributed by atoms with Gasteiger partial charge in [-0.1, -0.05) is 12.8 Å². The molecule has 150 valence electrons. The Balaban J connectivity index is 2.03. The molecule has 2 aromatic rings. The zero-order valence-electron chi connectivity index (χ0n) is 16.0. The van der Waals surface area contributed by atoms with Crippen molar-refractivity contribution in [3.63, 3.8) is 0 Å². The molecule has 9 nitrogen and oxygen atoms in total. The highest BCUT2D eigenvalue weighted by Crippen LogP contribution is 2.32. The van der Waals surface area contributed by atoms with Gasteiger partial charge in [0.15, 0.2) is 0 Å². The number of carbonyl (C=O) groups excluding carboxylic acids is 2. The number of fused-ring (bicyclic) bond motifs is 4. The third-order valence-electron chi connectivity index (χ3n) is 4.83. The summed E-state index contributed by atoms with van der Waals surface area (Å²) < 4.78 is 4.66. The van der Waals surface area contributed by atoms with Crippen LogP contribution in [0.25, 0.3) is 11.3 Å². The molecule has 9 heteroatoms. The molecular formula is C19H26N6O3. The van der Waals surface area contributed by atoms with Crippen molar-refractivity contribution < 1.29 is 14.3 Å². The van der Waals surface area contributed by atoms with Gasteiger partial charge >= 0.3 is 6.09 Å². The van der Waals surface area contributed by atoms with E-state index in [9.17, 15) is 9.59 Å². The number of aromatic nitrogens is 2. The molecule has 1 aliphatic rings. The van der Waals surface area contributed by atoms with Gasteiger partial charge in [-0.25, -0.2) is 9.78 Å². The van der Waals surface area contributed by atoms with E-state index in [0.29, 0.717) is 23.5 Å². The molecule has 1 aromatic heterocycles. The summed E-state index contributed by atoms with van der Waals surface area (Å²) in [4.78, 5) is 31.7. The van der Waals surface area contributed by atoms with Gasteiger partial charge in [0.25, 0.3) is 0 Å². The number of likely N-dealkylation sites (N-methyl/N-ethyl adjacent to an activating group) is 1. The molecule has 28 heavy (non-hydrogen) atoms. The summed E-state index contributed by atoms with van der Waals surface area (Å²) in [5.41, 5.74) is 9.01. The minimum atomic E-state index is -0.566. The molecule has 0 aliphatic carbocycles. The van der Waals surface area contributed by atoms with Crippen molar-refractivity contribution in [3.8, 4) is 11.3 Å². The summed E-state index contributed by atoms with van der Waals surface area (Å²) in [6, 6.07) is 4.77. The Morgan fingerprint density at radius 2 is 2.07 bits per heavy atom. The van der Waals surface area contributed by atoms with Crippen molar-refractivity contribution >= 4 is 23.4 Å². The number of hydrogen-bond acceptors (Lipinski definition) is 6. The number of carbonyl (C=O) groups is 2. The number of anilines is 2. The van der Waals surface area contributed by atoms with Gasteiger partial charge in [0.1, 0.15) is 11.9 Å². The van der Waals surface area contributed by atoms with Gasteiger partial charge in [0.05, 0.1) is 18.8 Å². The van der Waals surface area contributed by atoms with E-state index in [-0.39, 0.29) is 11.9 Å². The smallest absolute Gasteiger partial charge is 0.411 e. The molecule has 0 saturated heterocycles. The molecule has 0 fully saturated rings. The summed E-state index contributed by atoms with van der Waals surface area (Å²) in [5, 5.41) is 8.67. The SMILES string of the molecule is CNC(=O)[C@H]1CCCC[C@H](N)c2nc(c[nH]2)-c2ccc(NC(=O)OC)cc2N1. The van der Waals surface area contributed by atoms with E-state index in [4.69, 9.17) is 5.73 Å². The van der Waals surface area contributed by atoms with Gasteiger partial charge in [0, 0.05) is 30.2 Å². The van der Waals surface area contributed by atoms with Crippen LogP contribution in [0.3, 0.4) is 0 Å². The van der Waals surface area contributed by atoms with Crippen LogP contribution >= 0.6 is 0 Å². The molecule has 0 unspecified atom stereocenters. The van der Waals surface area contributed by atoms with E-state index >= 15 is 0 Å². The molecule has 2 atom stereocenters. The predicted octanol–water partition coefficient (Wildman–Crippen LogP) is 2.36. The first-order valence-corrected chi connectivity index (χ1v) is 9.30. The number of hydrogen-bond donors (Lipinski definition) is 5. The summed E-state index contributed by atoms with van der Waals surface area (Å²) >= 11 is 0. The average molecular weight is 386 g/mol. The lowest BCUT2D eigenvalue weighted by Gasteiger charge is -2.21. The number of imidazole rings is 1. The first-order chi connectivity index (χ1) is 13.5. The fraction of sp³-hybridized carbons (Fsp3) is 0.421. The van der Waals surface area contributed by atoms with Crippen molar-refractivity contribution in [3.05, 3.63) is 30.2 Å². The van der Waals surface area contributed by atoms with Crippen LogP contribution in [-0.4, -0.2) is 42.2 Å². The largest absolute Gasteiger partial charge is 0.453 e. The van der Waals surface area contributed by atoms with Crippen molar-refractivity contribution in [1.29, 1.82) is 0 Å². The van der Waals surface area contributed by atoms with E-state index in [1.165, 1.54) is 7.11 Å². The molecule has 6 N–H and O–H groups in total. The second-order valence-electron chi connectivity index (χ2n) is 6.75. The van der Waals surface area contributed by atoms with E-state index in [0.717, 1.165) is 30.7 Å². The number of methoxy groups -OCH3 is 1. The van der Waals surface area contributed by atoms with Crippen molar-refractivity contribution in [2.24, 2.45) is 5.73 Å². The number of H-pyrrole nitrogens is 1. The van der Waals surface area contributed by atoms with E-state index < -0.39 is 12.1 Å². The highest BCUT2D eigenvalue weighted by atomic mass is 16.5. The minimum Gasteiger partial charge on any atom is -0.453 e. The first-order valence-electron chi connectivity index (χ1n) is 9.30. The molecule has 2 amide bonds. The summed E-state index contributed by atoms with van der Waals surface area (Å²) in [6.07, 6.45) is 4.44. The standard InChI is InChI=1S/C19H26N6O3/c1-21-18(26)14-6-4-3-5-13(20)17-22-10-16(25-17)12-8-7-11(9-15(12)24-14)23-19(27)28-2/h7-10,13-14,24H,3-6,20H2,1-2H3,(H,21,26)(H,22,25)(H,23,27)/t13-,14+/m0/s1. The number of amides is 2. The topological polar surface area (TPSA) is 134 Å². The normalized spacial score (nSPS) is 19.2. The quantitative estimate of drug-likeness (QED) is 0.538. The zero-order valence-corrected chi connectivity index (χ0v) is 16.0. The molecule has 0 radical (unpaired) electrons. The van der Waals surface area contributed by atoms with Crippen LogP contribution in [0.15, 0.2) is 24.4 Å². The van der Waals surface area contributed by atoms with Gasteiger partial charge < -0.3 is 26.1 Å². The van der Waals surface area contributed by atoms with E-state index in [2.05, 4.69) is 30.7 Å². The van der Waals surface area contributed by atoms with Crippen LogP contribution in [0.2, 0.25) is 0 Å².